The van der Waals surface area contributed by atoms with E-state index in [1.807, 2.05) is 0 Å². The number of aliphatic imine (C=N–C) groups is 1. The number of nitrogens with two attached hydrogens (primary N) is 1. The Bertz CT molecular complexity index is 1320. The lowest BCUT2D eigenvalue weighted by atomic mass is 9.79. The summed E-state index contributed by atoms with van der Waals surface area (Å²) in [5.74, 6) is -1.17. The topological polar surface area (TPSA) is 77.6 Å². The molecule has 0 saturated heterocycles. The Morgan fingerprint density at radius 1 is 0.971 bits per heavy atom. The molecular weight excluding hydrogens is 496 g/mol. The average Bonchev–Trinajstić information content (AvgIpc) is 2.76. The lowest BCUT2D eigenvalue weighted by Gasteiger charge is -2.40. The second kappa shape index (κ2) is 8.01. The molecule has 5 nitrogen and oxygen atoms in total. The third-order valence-corrected chi connectivity index (χ3v) is 6.38. The first kappa shape index (κ1) is 26.1. The maximum Gasteiger partial charge on any atom is 0.310 e. The van der Waals surface area contributed by atoms with Gasteiger partial charge < -0.3 is 10.5 Å². The summed E-state index contributed by atoms with van der Waals surface area (Å²) in [6.45, 7) is 2.46. The molecule has 0 saturated carbocycles. The first-order chi connectivity index (χ1) is 16.0. The minimum atomic E-state index is -9.95. The highest BCUT2D eigenvalue weighted by molar-refractivity contribution is 8.45. The number of hydrogen-bond acceptors (Lipinski definition) is 4. The van der Waals surface area contributed by atoms with E-state index in [1.165, 1.54) is 44.6 Å². The van der Waals surface area contributed by atoms with Crippen LogP contribution in [0.15, 0.2) is 70.8 Å². The van der Waals surface area contributed by atoms with Gasteiger partial charge in [0.15, 0.2) is 11.3 Å². The van der Waals surface area contributed by atoms with E-state index in [9.17, 15) is 28.6 Å². The van der Waals surface area contributed by atoms with Crippen molar-refractivity contribution >= 4 is 21.8 Å². The molecule has 0 bridgehead atoms. The zero-order chi connectivity index (χ0) is 26.3. The van der Waals surface area contributed by atoms with Gasteiger partial charge in [0.05, 0.1) is 19.1 Å². The molecule has 0 radical (unpaired) electrons. The van der Waals surface area contributed by atoms with Gasteiger partial charge >= 0.3 is 10.2 Å². The summed E-state index contributed by atoms with van der Waals surface area (Å²) < 4.78 is 86.1. The Hall–Kier alpha value is -3.54. The number of carbonyl (C=O) groups is 1. The molecule has 0 spiro atoms. The maximum absolute atomic E-state index is 14.8. The molecule has 0 aliphatic carbocycles. The molecule has 1 aromatic heterocycles. The standard InChI is InChI=1S/C23H21F6N3O2S/c1-14(33)23(32-15(2)30,17-4-7-20(8-5-17)35(25,26,27,28)29)18-6-9-22(24)21(11-18)16-10-19(34-3)13-31-12-16/h4-13H,1-3H3,(H2,30,32). The molecule has 1 atom stereocenters. The monoisotopic (exact) mass is 517 g/mol. The number of carbonyl (C=O) groups excluding carboxylic acids is 1. The summed E-state index contributed by atoms with van der Waals surface area (Å²) in [6, 6.07) is 6.88. The summed E-state index contributed by atoms with van der Waals surface area (Å²) in [5, 5.41) is 0. The number of Topliss-reactive ketones (excluding diaryl/α,β-unsaturated/α-hetero) is 1. The minimum Gasteiger partial charge on any atom is -0.495 e. The van der Waals surface area contributed by atoms with Gasteiger partial charge in [-0.05, 0) is 55.3 Å². The number of halogens is 6. The van der Waals surface area contributed by atoms with Gasteiger partial charge in [0.1, 0.15) is 16.5 Å². The van der Waals surface area contributed by atoms with Crippen LogP contribution in [0.25, 0.3) is 11.1 Å². The van der Waals surface area contributed by atoms with Crippen LogP contribution in [0.5, 0.6) is 5.75 Å². The predicted molar refractivity (Wildman–Crippen MR) is 123 cm³/mol. The maximum atomic E-state index is 14.8. The normalized spacial score (nSPS) is 16.1. The number of ketones is 1. The van der Waals surface area contributed by atoms with Gasteiger partial charge in [0, 0.05) is 17.3 Å². The lowest BCUT2D eigenvalue weighted by Crippen LogP contribution is -2.36. The van der Waals surface area contributed by atoms with E-state index in [-0.39, 0.29) is 40.2 Å². The number of hydrogen-bond donors (Lipinski definition) is 1. The number of pyridine rings is 1. The molecular formula is C23H21F6N3O2S. The van der Waals surface area contributed by atoms with E-state index in [0.29, 0.717) is 5.75 Å². The smallest absolute Gasteiger partial charge is 0.310 e. The van der Waals surface area contributed by atoms with Gasteiger partial charge in [-0.1, -0.05) is 37.6 Å². The summed E-state index contributed by atoms with van der Waals surface area (Å²) in [5.41, 5.74) is 3.88. The Balaban J connectivity index is 2.31. The molecule has 35 heavy (non-hydrogen) atoms. The summed E-state index contributed by atoms with van der Waals surface area (Å²) in [4.78, 5) is 19.0. The van der Waals surface area contributed by atoms with Gasteiger partial charge in [-0.2, -0.15) is 0 Å². The minimum absolute atomic E-state index is 0.00645. The highest BCUT2D eigenvalue weighted by Gasteiger charge is 2.65. The SMILES string of the molecule is COc1cncc(-c2cc(C(N=C(C)N)(C(C)=O)c3ccc(S(F)(F)(F)(F)F)cc3)ccc2F)c1. The largest absolute Gasteiger partial charge is 0.495 e. The molecule has 3 rings (SSSR count). The number of aromatic nitrogens is 1. The van der Waals surface area contributed by atoms with Gasteiger partial charge in [-0.15, -0.1) is 0 Å². The zero-order valence-electron chi connectivity index (χ0n) is 18.7. The highest BCUT2D eigenvalue weighted by Crippen LogP contribution is 3.02. The highest BCUT2D eigenvalue weighted by atomic mass is 32.5. The van der Waals surface area contributed by atoms with Crippen LogP contribution in [0.4, 0.5) is 23.8 Å². The lowest BCUT2D eigenvalue weighted by molar-refractivity contribution is -0.120. The quantitative estimate of drug-likeness (QED) is 0.213. The van der Waals surface area contributed by atoms with Crippen molar-refractivity contribution in [3.63, 3.8) is 0 Å². The fourth-order valence-corrected chi connectivity index (χ4v) is 4.30. The van der Waals surface area contributed by atoms with Crippen molar-refractivity contribution in [3.8, 4) is 16.9 Å². The van der Waals surface area contributed by atoms with Crippen LogP contribution in [-0.2, 0) is 10.3 Å². The first-order valence-corrected chi connectivity index (χ1v) is 11.9. The van der Waals surface area contributed by atoms with Crippen molar-refractivity contribution in [2.24, 2.45) is 10.7 Å². The molecule has 188 valence electrons. The second-order valence-corrected chi connectivity index (χ2v) is 10.2. The average molecular weight is 517 g/mol. The van der Waals surface area contributed by atoms with Crippen molar-refractivity contribution in [1.82, 2.24) is 4.98 Å². The van der Waals surface area contributed by atoms with Crippen molar-refractivity contribution in [1.29, 1.82) is 0 Å². The fourth-order valence-electron chi connectivity index (χ4n) is 3.65. The van der Waals surface area contributed by atoms with Gasteiger partial charge in [-0.25, -0.2) is 9.38 Å². The number of rotatable bonds is 7. The Labute approximate surface area is 197 Å². The predicted octanol–water partition coefficient (Wildman–Crippen LogP) is 6.76. The van der Waals surface area contributed by atoms with E-state index in [4.69, 9.17) is 10.5 Å². The second-order valence-electron chi connectivity index (χ2n) is 7.82. The van der Waals surface area contributed by atoms with Crippen LogP contribution in [-0.4, -0.2) is 23.7 Å². The van der Waals surface area contributed by atoms with Crippen molar-refractivity contribution in [3.05, 3.63) is 77.9 Å². The third kappa shape index (κ3) is 5.26. The fraction of sp³-hybridized carbons (Fsp3) is 0.174. The van der Waals surface area contributed by atoms with E-state index in [1.54, 1.807) is 0 Å². The summed E-state index contributed by atoms with van der Waals surface area (Å²) in [7, 11) is -8.56. The molecule has 12 heteroatoms. The number of ether oxygens (including phenoxy) is 1. The van der Waals surface area contributed by atoms with Crippen LogP contribution in [0.1, 0.15) is 25.0 Å². The molecule has 2 aromatic carbocycles. The Kier molecular flexibility index (Phi) is 5.96. The molecule has 0 aliphatic heterocycles. The molecule has 2 N–H and O–H groups in total. The third-order valence-electron chi connectivity index (χ3n) is 5.22. The molecule has 0 aliphatic rings. The zero-order valence-corrected chi connectivity index (χ0v) is 19.6. The Morgan fingerprint density at radius 2 is 1.57 bits per heavy atom. The van der Waals surface area contributed by atoms with Gasteiger partial charge in [-0.3, -0.25) is 9.78 Å². The molecule has 1 unspecified atom stereocenters. The van der Waals surface area contributed by atoms with Crippen LogP contribution < -0.4 is 10.5 Å². The number of amidine groups is 1. The van der Waals surface area contributed by atoms with E-state index >= 15 is 0 Å². The van der Waals surface area contributed by atoms with E-state index < -0.39 is 32.3 Å². The van der Waals surface area contributed by atoms with E-state index in [0.717, 1.165) is 25.1 Å². The summed E-state index contributed by atoms with van der Waals surface area (Å²) >= 11 is 0. The molecule has 0 fully saturated rings. The number of methoxy groups -OCH3 is 1. The van der Waals surface area contributed by atoms with Gasteiger partial charge in [0.2, 0.25) is 0 Å². The Morgan fingerprint density at radius 3 is 2.09 bits per heavy atom. The van der Waals surface area contributed by atoms with Crippen molar-refractivity contribution < 1.29 is 33.4 Å². The van der Waals surface area contributed by atoms with Crippen LogP contribution in [0.3, 0.4) is 0 Å². The van der Waals surface area contributed by atoms with Crippen molar-refractivity contribution in [2.75, 3.05) is 7.11 Å². The molecule has 1 heterocycles. The van der Waals surface area contributed by atoms with Crippen LogP contribution in [0.2, 0.25) is 0 Å². The van der Waals surface area contributed by atoms with Gasteiger partial charge in [0.25, 0.3) is 0 Å². The number of nitrogens with zero attached hydrogens (tertiary/aromatic N) is 2. The van der Waals surface area contributed by atoms with E-state index in [2.05, 4.69) is 9.98 Å². The first-order valence-electron chi connectivity index (χ1n) is 9.95. The van der Waals surface area contributed by atoms with Crippen LogP contribution in [0, 0.1) is 5.82 Å². The molecule has 3 aromatic rings. The number of benzene rings is 2. The summed E-state index contributed by atoms with van der Waals surface area (Å²) in [6.07, 6.45) is 2.74. The van der Waals surface area contributed by atoms with Crippen LogP contribution >= 0.6 is 10.2 Å². The van der Waals surface area contributed by atoms with Crippen molar-refractivity contribution in [2.45, 2.75) is 24.3 Å². The molecule has 0 amide bonds.